The van der Waals surface area contributed by atoms with Crippen LogP contribution in [0.15, 0.2) is 84.9 Å². The van der Waals surface area contributed by atoms with Gasteiger partial charge in [0, 0.05) is 31.3 Å². The molecular formula is C36H36O4S. The molecule has 0 saturated carbocycles. The van der Waals surface area contributed by atoms with Gasteiger partial charge in [-0.1, -0.05) is 60.7 Å². The third-order valence-corrected chi connectivity index (χ3v) is 9.12. The van der Waals surface area contributed by atoms with Gasteiger partial charge in [-0.3, -0.25) is 0 Å². The zero-order valence-electron chi connectivity index (χ0n) is 23.3. The first kappa shape index (κ1) is 26.5. The number of hydrogen-bond donors (Lipinski definition) is 0. The molecule has 0 N–H and O–H groups in total. The van der Waals surface area contributed by atoms with Crippen molar-refractivity contribution in [3.8, 4) is 33.8 Å². The molecule has 4 aromatic carbocycles. The Morgan fingerprint density at radius 1 is 0.585 bits per heavy atom. The first-order valence-electron chi connectivity index (χ1n) is 15.0. The molecule has 1 aromatic heterocycles. The summed E-state index contributed by atoms with van der Waals surface area (Å²) in [6, 6.07) is 30.3. The molecule has 7 rings (SSSR count). The van der Waals surface area contributed by atoms with Crippen molar-refractivity contribution in [2.24, 2.45) is 0 Å². The SMILES string of the molecule is c1ccc(-c2cc3sc4cc(-c5ccccc5)c(OCCCCC5CO5)cc4c3cc2OCCCCC2CO2)cc1. The lowest BCUT2D eigenvalue weighted by Gasteiger charge is -2.14. The average Bonchev–Trinajstić information content (AvgIpc) is 3.96. The van der Waals surface area contributed by atoms with Crippen molar-refractivity contribution in [1.82, 2.24) is 0 Å². The highest BCUT2D eigenvalue weighted by molar-refractivity contribution is 7.25. The molecule has 41 heavy (non-hydrogen) atoms. The Labute approximate surface area is 245 Å². The number of thiophene rings is 1. The Morgan fingerprint density at radius 2 is 1.02 bits per heavy atom. The Morgan fingerprint density at radius 3 is 1.44 bits per heavy atom. The van der Waals surface area contributed by atoms with Crippen molar-refractivity contribution in [1.29, 1.82) is 0 Å². The van der Waals surface area contributed by atoms with Crippen LogP contribution in [0.5, 0.6) is 11.5 Å². The molecule has 5 heteroatoms. The van der Waals surface area contributed by atoms with Gasteiger partial charge in [-0.05, 0) is 73.9 Å². The van der Waals surface area contributed by atoms with Gasteiger partial charge in [0.1, 0.15) is 11.5 Å². The standard InChI is InChI=1S/C36H36O4S/c1-3-11-25(12-4-1)29-21-35-31(19-33(29)37-17-9-7-15-27-23-39-27)32-20-34(38-18-10-8-16-28-24-40-28)30(22-36(32)41-35)26-13-5-2-6-14-26/h1-6,11-14,19-22,27-28H,7-10,15-18,23-24H2. The lowest BCUT2D eigenvalue weighted by atomic mass is 10.00. The smallest absolute Gasteiger partial charge is 0.127 e. The summed E-state index contributed by atoms with van der Waals surface area (Å²) >= 11 is 1.84. The summed E-state index contributed by atoms with van der Waals surface area (Å²) in [6.45, 7) is 3.26. The topological polar surface area (TPSA) is 43.5 Å². The fourth-order valence-corrected chi connectivity index (χ4v) is 6.68. The largest absolute Gasteiger partial charge is 0.493 e. The maximum absolute atomic E-state index is 6.48. The maximum Gasteiger partial charge on any atom is 0.127 e. The second-order valence-corrected chi connectivity index (χ2v) is 12.2. The van der Waals surface area contributed by atoms with Gasteiger partial charge in [0.25, 0.3) is 0 Å². The predicted molar refractivity (Wildman–Crippen MR) is 168 cm³/mol. The molecule has 2 fully saturated rings. The fraction of sp³-hybridized carbons (Fsp3) is 0.333. The molecular weight excluding hydrogens is 528 g/mol. The molecule has 2 atom stereocenters. The van der Waals surface area contributed by atoms with E-state index in [0.717, 1.165) is 74.4 Å². The van der Waals surface area contributed by atoms with E-state index in [9.17, 15) is 0 Å². The number of rotatable bonds is 14. The highest BCUT2D eigenvalue weighted by atomic mass is 32.1. The summed E-state index contributed by atoms with van der Waals surface area (Å²) in [6.07, 6.45) is 7.54. The molecule has 0 aliphatic carbocycles. The van der Waals surface area contributed by atoms with Crippen LogP contribution in [0, 0.1) is 0 Å². The molecule has 5 aromatic rings. The molecule has 0 spiro atoms. The van der Waals surface area contributed by atoms with Crippen molar-refractivity contribution in [2.45, 2.75) is 50.7 Å². The zero-order valence-corrected chi connectivity index (χ0v) is 24.2. The minimum Gasteiger partial charge on any atom is -0.493 e. The third kappa shape index (κ3) is 6.43. The van der Waals surface area contributed by atoms with E-state index in [-0.39, 0.29) is 0 Å². The Hall–Kier alpha value is -3.38. The minimum atomic E-state index is 0.479. The van der Waals surface area contributed by atoms with Gasteiger partial charge >= 0.3 is 0 Å². The van der Waals surface area contributed by atoms with E-state index in [0.29, 0.717) is 25.4 Å². The summed E-state index contributed by atoms with van der Waals surface area (Å²) in [5.74, 6) is 1.89. The number of fused-ring (bicyclic) bond motifs is 3. The van der Waals surface area contributed by atoms with Crippen LogP contribution in [0.25, 0.3) is 42.4 Å². The Bertz CT molecular complexity index is 1480. The molecule has 2 saturated heterocycles. The van der Waals surface area contributed by atoms with E-state index in [1.165, 1.54) is 31.3 Å². The third-order valence-electron chi connectivity index (χ3n) is 8.00. The zero-order chi connectivity index (χ0) is 27.4. The minimum absolute atomic E-state index is 0.479. The van der Waals surface area contributed by atoms with Gasteiger partial charge in [0.05, 0.1) is 38.6 Å². The highest BCUT2D eigenvalue weighted by Gasteiger charge is 2.22. The molecule has 210 valence electrons. The quantitative estimate of drug-likeness (QED) is 0.0996. The van der Waals surface area contributed by atoms with Crippen LogP contribution in [-0.4, -0.2) is 38.6 Å². The van der Waals surface area contributed by atoms with Gasteiger partial charge in [0.2, 0.25) is 0 Å². The van der Waals surface area contributed by atoms with E-state index in [1.54, 1.807) is 0 Å². The monoisotopic (exact) mass is 564 g/mol. The van der Waals surface area contributed by atoms with Crippen LogP contribution < -0.4 is 9.47 Å². The van der Waals surface area contributed by atoms with Crippen molar-refractivity contribution in [2.75, 3.05) is 26.4 Å². The van der Waals surface area contributed by atoms with Gasteiger partial charge < -0.3 is 18.9 Å². The van der Waals surface area contributed by atoms with Crippen molar-refractivity contribution < 1.29 is 18.9 Å². The normalized spacial score (nSPS) is 17.7. The number of benzene rings is 4. The van der Waals surface area contributed by atoms with E-state index >= 15 is 0 Å². The van der Waals surface area contributed by atoms with Crippen molar-refractivity contribution >= 4 is 31.5 Å². The number of unbranched alkanes of at least 4 members (excludes halogenated alkanes) is 2. The van der Waals surface area contributed by atoms with E-state index in [1.807, 2.05) is 11.3 Å². The molecule has 4 nitrogen and oxygen atoms in total. The number of hydrogen-bond acceptors (Lipinski definition) is 5. The van der Waals surface area contributed by atoms with Crippen LogP contribution in [0.3, 0.4) is 0 Å². The summed E-state index contributed by atoms with van der Waals surface area (Å²) in [5.41, 5.74) is 4.65. The number of ether oxygens (including phenoxy) is 4. The highest BCUT2D eigenvalue weighted by Crippen LogP contribution is 2.45. The lowest BCUT2D eigenvalue weighted by molar-refractivity contribution is 0.300. The summed E-state index contributed by atoms with van der Waals surface area (Å²) in [4.78, 5) is 0. The van der Waals surface area contributed by atoms with Crippen LogP contribution >= 0.6 is 11.3 Å². The van der Waals surface area contributed by atoms with Crippen LogP contribution in [0.2, 0.25) is 0 Å². The maximum atomic E-state index is 6.48. The molecule has 2 unspecified atom stereocenters. The van der Waals surface area contributed by atoms with Crippen LogP contribution in [0.4, 0.5) is 0 Å². The van der Waals surface area contributed by atoms with E-state index in [4.69, 9.17) is 18.9 Å². The van der Waals surface area contributed by atoms with E-state index in [2.05, 4.69) is 84.9 Å². The van der Waals surface area contributed by atoms with Gasteiger partial charge in [-0.2, -0.15) is 0 Å². The second-order valence-electron chi connectivity index (χ2n) is 11.1. The molecule has 0 bridgehead atoms. The molecule has 3 heterocycles. The van der Waals surface area contributed by atoms with Gasteiger partial charge in [0.15, 0.2) is 0 Å². The fourth-order valence-electron chi connectivity index (χ4n) is 5.54. The van der Waals surface area contributed by atoms with Crippen LogP contribution in [-0.2, 0) is 9.47 Å². The van der Waals surface area contributed by atoms with Crippen molar-refractivity contribution in [3.05, 3.63) is 84.9 Å². The molecule has 0 radical (unpaired) electrons. The average molecular weight is 565 g/mol. The number of epoxide rings is 2. The Balaban J connectivity index is 1.23. The second kappa shape index (κ2) is 12.2. The molecule has 0 amide bonds. The van der Waals surface area contributed by atoms with E-state index < -0.39 is 0 Å². The first-order chi connectivity index (χ1) is 20.3. The summed E-state index contributed by atoms with van der Waals surface area (Å²) in [5, 5.41) is 2.45. The molecule has 2 aliphatic heterocycles. The van der Waals surface area contributed by atoms with Gasteiger partial charge in [-0.15, -0.1) is 11.3 Å². The van der Waals surface area contributed by atoms with Crippen LogP contribution in [0.1, 0.15) is 38.5 Å². The Kier molecular flexibility index (Phi) is 7.91. The van der Waals surface area contributed by atoms with Crippen molar-refractivity contribution in [3.63, 3.8) is 0 Å². The predicted octanol–water partition coefficient (Wildman–Crippen LogP) is 9.28. The summed E-state index contributed by atoms with van der Waals surface area (Å²) in [7, 11) is 0. The van der Waals surface area contributed by atoms with Gasteiger partial charge in [-0.25, -0.2) is 0 Å². The first-order valence-corrected chi connectivity index (χ1v) is 15.8. The molecule has 2 aliphatic rings. The lowest BCUT2D eigenvalue weighted by Crippen LogP contribution is -2.00. The summed E-state index contributed by atoms with van der Waals surface area (Å²) < 4.78 is 26.2.